The summed E-state index contributed by atoms with van der Waals surface area (Å²) in [7, 11) is 0. The van der Waals surface area contributed by atoms with Crippen LogP contribution in [0.5, 0.6) is 0 Å². The zero-order chi connectivity index (χ0) is 24.6. The third-order valence-electron chi connectivity index (χ3n) is 7.38. The molecule has 0 saturated carbocycles. The Bertz CT molecular complexity index is 1290. The molecular weight excluding hydrogens is 477 g/mol. The van der Waals surface area contributed by atoms with Crippen molar-refractivity contribution < 1.29 is 4.79 Å². The standard InChI is InChI=1S/C29H29Cl2N3O/c1-20-5-8-26-24(16-20)29(19-34(26)28(35)23-9-12-32-27(31)18-23)10-14-33(15-11-29)13-3-4-22-7-6-21(2)25(30)17-22/h3-9,12,16-18H,10-11,13-15,19H2,1-2H3/b4-3+. The fourth-order valence-corrected chi connectivity index (χ4v) is 5.66. The second-order valence-electron chi connectivity index (χ2n) is 9.77. The van der Waals surface area contributed by atoms with E-state index in [2.05, 4.69) is 59.3 Å². The molecule has 1 amide bonds. The Hall–Kier alpha value is -2.66. The molecule has 4 nitrogen and oxygen atoms in total. The van der Waals surface area contributed by atoms with E-state index < -0.39 is 0 Å². The van der Waals surface area contributed by atoms with Crippen LogP contribution in [0.3, 0.4) is 0 Å². The predicted molar refractivity (Wildman–Crippen MR) is 145 cm³/mol. The molecule has 0 atom stereocenters. The predicted octanol–water partition coefficient (Wildman–Crippen LogP) is 6.71. The first-order valence-electron chi connectivity index (χ1n) is 12.0. The lowest BCUT2D eigenvalue weighted by Crippen LogP contribution is -2.46. The first-order chi connectivity index (χ1) is 16.8. The molecule has 35 heavy (non-hydrogen) atoms. The SMILES string of the molecule is Cc1ccc2c(c1)C1(CCN(C/C=C/c3ccc(C)c(Cl)c3)CC1)CN2C(=O)c1ccnc(Cl)c1. The molecule has 2 aliphatic heterocycles. The van der Waals surface area contributed by atoms with Crippen molar-refractivity contribution in [2.24, 2.45) is 0 Å². The first kappa shape index (κ1) is 24.1. The third-order valence-corrected chi connectivity index (χ3v) is 7.99. The minimum Gasteiger partial charge on any atom is -0.307 e. The van der Waals surface area contributed by atoms with Crippen molar-refractivity contribution in [1.29, 1.82) is 0 Å². The summed E-state index contributed by atoms with van der Waals surface area (Å²) in [6.45, 7) is 7.74. The Balaban J connectivity index is 1.31. The number of nitrogens with zero attached hydrogens (tertiary/aromatic N) is 3. The number of amides is 1. The monoisotopic (exact) mass is 505 g/mol. The highest BCUT2D eigenvalue weighted by atomic mass is 35.5. The van der Waals surface area contributed by atoms with Gasteiger partial charge in [-0.1, -0.05) is 65.2 Å². The summed E-state index contributed by atoms with van der Waals surface area (Å²) in [4.78, 5) is 21.9. The van der Waals surface area contributed by atoms with Gasteiger partial charge < -0.3 is 4.90 Å². The van der Waals surface area contributed by atoms with Crippen LogP contribution in [0.2, 0.25) is 10.2 Å². The number of anilines is 1. The van der Waals surface area contributed by atoms with E-state index in [1.54, 1.807) is 18.3 Å². The second-order valence-corrected chi connectivity index (χ2v) is 10.6. The maximum Gasteiger partial charge on any atom is 0.258 e. The number of carbonyl (C=O) groups excluding carboxylic acids is 1. The molecule has 6 heteroatoms. The average Bonchev–Trinajstić information content (AvgIpc) is 3.15. The lowest BCUT2D eigenvalue weighted by Gasteiger charge is -2.39. The molecule has 0 aliphatic carbocycles. The molecule has 0 N–H and O–H groups in total. The van der Waals surface area contributed by atoms with Crippen LogP contribution >= 0.6 is 23.2 Å². The Morgan fingerprint density at radius 3 is 2.60 bits per heavy atom. The summed E-state index contributed by atoms with van der Waals surface area (Å²) in [5.74, 6) is -0.0154. The van der Waals surface area contributed by atoms with Crippen molar-refractivity contribution >= 4 is 40.9 Å². The van der Waals surface area contributed by atoms with E-state index in [1.165, 1.54) is 11.1 Å². The lowest BCUT2D eigenvalue weighted by molar-refractivity contribution is 0.0977. The van der Waals surface area contributed by atoms with E-state index in [4.69, 9.17) is 23.2 Å². The van der Waals surface area contributed by atoms with Crippen LogP contribution in [-0.4, -0.2) is 42.0 Å². The number of aryl methyl sites for hydroxylation is 2. The Morgan fingerprint density at radius 2 is 1.86 bits per heavy atom. The van der Waals surface area contributed by atoms with Gasteiger partial charge in [-0.3, -0.25) is 9.69 Å². The van der Waals surface area contributed by atoms with Gasteiger partial charge in [-0.15, -0.1) is 0 Å². The van der Waals surface area contributed by atoms with E-state index in [1.807, 2.05) is 17.9 Å². The van der Waals surface area contributed by atoms with Gasteiger partial charge in [0.15, 0.2) is 0 Å². The van der Waals surface area contributed by atoms with Crippen LogP contribution in [0.4, 0.5) is 5.69 Å². The largest absolute Gasteiger partial charge is 0.307 e. The number of likely N-dealkylation sites (tertiary alicyclic amines) is 1. The lowest BCUT2D eigenvalue weighted by atomic mass is 9.74. The van der Waals surface area contributed by atoms with Gasteiger partial charge in [0.1, 0.15) is 5.15 Å². The number of halogens is 2. The smallest absolute Gasteiger partial charge is 0.258 e. The van der Waals surface area contributed by atoms with E-state index in [0.29, 0.717) is 17.3 Å². The number of carbonyl (C=O) groups is 1. The van der Waals surface area contributed by atoms with Crippen molar-refractivity contribution in [2.45, 2.75) is 32.1 Å². The molecule has 3 heterocycles. The zero-order valence-electron chi connectivity index (χ0n) is 20.1. The number of aromatic nitrogens is 1. The maximum absolute atomic E-state index is 13.5. The second kappa shape index (κ2) is 9.77. The summed E-state index contributed by atoms with van der Waals surface area (Å²) in [5.41, 5.74) is 6.34. The molecule has 1 spiro atoms. The number of pyridine rings is 1. The van der Waals surface area contributed by atoms with Crippen LogP contribution in [-0.2, 0) is 5.41 Å². The molecule has 3 aromatic rings. The van der Waals surface area contributed by atoms with Crippen molar-refractivity contribution in [3.63, 3.8) is 0 Å². The Morgan fingerprint density at radius 1 is 1.06 bits per heavy atom. The molecule has 180 valence electrons. The molecule has 0 bridgehead atoms. The molecule has 2 aliphatic rings. The highest BCUT2D eigenvalue weighted by molar-refractivity contribution is 6.31. The van der Waals surface area contributed by atoms with Gasteiger partial charge in [-0.25, -0.2) is 4.98 Å². The molecule has 1 fully saturated rings. The van der Waals surface area contributed by atoms with Gasteiger partial charge in [0, 0.05) is 41.0 Å². The topological polar surface area (TPSA) is 36.4 Å². The summed E-state index contributed by atoms with van der Waals surface area (Å²) in [6.07, 6.45) is 8.00. The first-order valence-corrected chi connectivity index (χ1v) is 12.8. The normalized spacial score (nSPS) is 17.3. The fraction of sp³-hybridized carbons (Fsp3) is 0.310. The molecule has 0 radical (unpaired) electrons. The van der Waals surface area contributed by atoms with E-state index in [-0.39, 0.29) is 11.3 Å². The van der Waals surface area contributed by atoms with Crippen LogP contribution in [0.25, 0.3) is 6.08 Å². The molecule has 2 aromatic carbocycles. The molecule has 1 aromatic heterocycles. The van der Waals surface area contributed by atoms with Crippen LogP contribution in [0, 0.1) is 13.8 Å². The quantitative estimate of drug-likeness (QED) is 0.369. The summed E-state index contributed by atoms with van der Waals surface area (Å²) in [5, 5.41) is 1.14. The van der Waals surface area contributed by atoms with E-state index in [9.17, 15) is 4.79 Å². The Labute approximate surface area is 217 Å². The highest BCUT2D eigenvalue weighted by Gasteiger charge is 2.46. The summed E-state index contributed by atoms with van der Waals surface area (Å²) < 4.78 is 0. The number of hydrogen-bond donors (Lipinski definition) is 0. The Kier molecular flexibility index (Phi) is 6.71. The van der Waals surface area contributed by atoms with E-state index >= 15 is 0 Å². The van der Waals surface area contributed by atoms with Crippen molar-refractivity contribution in [3.8, 4) is 0 Å². The number of piperidine rings is 1. The van der Waals surface area contributed by atoms with Crippen molar-refractivity contribution in [1.82, 2.24) is 9.88 Å². The minimum atomic E-state index is -0.0154. The van der Waals surface area contributed by atoms with Gasteiger partial charge in [0.25, 0.3) is 5.91 Å². The third kappa shape index (κ3) is 4.88. The molecule has 1 saturated heterocycles. The van der Waals surface area contributed by atoms with Crippen molar-refractivity contribution in [2.75, 3.05) is 31.1 Å². The summed E-state index contributed by atoms with van der Waals surface area (Å²) >= 11 is 12.3. The van der Waals surface area contributed by atoms with E-state index in [0.717, 1.165) is 54.3 Å². The van der Waals surface area contributed by atoms with Gasteiger partial charge >= 0.3 is 0 Å². The number of benzene rings is 2. The fourth-order valence-electron chi connectivity index (χ4n) is 5.30. The van der Waals surface area contributed by atoms with Crippen LogP contribution < -0.4 is 4.90 Å². The minimum absolute atomic E-state index is 0.0153. The molecule has 0 unspecified atom stereocenters. The zero-order valence-corrected chi connectivity index (χ0v) is 21.6. The van der Waals surface area contributed by atoms with Crippen LogP contribution in [0.1, 0.15) is 45.5 Å². The average molecular weight is 506 g/mol. The molecular formula is C29H29Cl2N3O. The number of fused-ring (bicyclic) bond motifs is 2. The maximum atomic E-state index is 13.5. The van der Waals surface area contributed by atoms with Gasteiger partial charge in [-0.05, 0) is 80.7 Å². The summed E-state index contributed by atoms with van der Waals surface area (Å²) in [6, 6.07) is 16.0. The van der Waals surface area contributed by atoms with Crippen LogP contribution in [0.15, 0.2) is 60.8 Å². The van der Waals surface area contributed by atoms with Crippen molar-refractivity contribution in [3.05, 3.63) is 98.8 Å². The van der Waals surface area contributed by atoms with Gasteiger partial charge in [-0.2, -0.15) is 0 Å². The van der Waals surface area contributed by atoms with Gasteiger partial charge in [0.05, 0.1) is 0 Å². The highest BCUT2D eigenvalue weighted by Crippen LogP contribution is 2.47. The molecule has 5 rings (SSSR count). The number of hydrogen-bond acceptors (Lipinski definition) is 3. The van der Waals surface area contributed by atoms with Gasteiger partial charge in [0.2, 0.25) is 0 Å². The number of rotatable bonds is 4.